The lowest BCUT2D eigenvalue weighted by Crippen LogP contribution is -2.27. The number of hydrogen-bond acceptors (Lipinski definition) is 2. The van der Waals surface area contributed by atoms with Crippen LogP contribution in [0.15, 0.2) is 17.2 Å². The van der Waals surface area contributed by atoms with Gasteiger partial charge in [-0.1, -0.05) is 6.07 Å². The smallest absolute Gasteiger partial charge is 0.332 e. The zero-order valence-electron chi connectivity index (χ0n) is 11.0. The molecule has 0 saturated heterocycles. The van der Waals surface area contributed by atoms with Crippen LogP contribution in [0.4, 0.5) is 4.79 Å². The molecule has 2 amide bonds. The number of nitrogens with zero attached hydrogens (tertiary/aromatic N) is 1. The van der Waals surface area contributed by atoms with Crippen molar-refractivity contribution in [3.8, 4) is 0 Å². The zero-order valence-corrected chi connectivity index (χ0v) is 11.0. The number of nitrogens with two attached hydrogens (primary N) is 1. The van der Waals surface area contributed by atoms with E-state index in [9.17, 15) is 4.79 Å². The molecular formula is C15H19N3O. The molecule has 0 fully saturated rings. The minimum Gasteiger partial charge on any atom is -0.350 e. The van der Waals surface area contributed by atoms with E-state index in [1.807, 2.05) is 0 Å². The largest absolute Gasteiger partial charge is 0.350 e. The first-order valence-corrected chi connectivity index (χ1v) is 7.01. The third-order valence-corrected chi connectivity index (χ3v) is 4.04. The molecule has 0 spiro atoms. The van der Waals surface area contributed by atoms with E-state index in [4.69, 9.17) is 5.73 Å². The monoisotopic (exact) mass is 257 g/mol. The molecule has 2 aliphatic rings. The Kier molecular flexibility index (Phi) is 3.23. The van der Waals surface area contributed by atoms with Gasteiger partial charge < -0.3 is 5.73 Å². The predicted octanol–water partition coefficient (Wildman–Crippen LogP) is 2.27. The van der Waals surface area contributed by atoms with Gasteiger partial charge in [-0.15, -0.1) is 0 Å². The van der Waals surface area contributed by atoms with Crippen molar-refractivity contribution in [3.63, 3.8) is 0 Å². The van der Waals surface area contributed by atoms with Crippen molar-refractivity contribution in [2.24, 2.45) is 10.8 Å². The van der Waals surface area contributed by atoms with Gasteiger partial charge >= 0.3 is 6.03 Å². The number of fused-ring (bicyclic) bond motifs is 2. The number of nitrogens with one attached hydrogen (secondary N) is 1. The Morgan fingerprint density at radius 2 is 1.68 bits per heavy atom. The van der Waals surface area contributed by atoms with E-state index < -0.39 is 6.03 Å². The molecule has 0 aliphatic heterocycles. The molecule has 1 aromatic rings. The number of carbonyl (C=O) groups excluding carboxylic acids is 1. The molecule has 0 bridgehead atoms. The fourth-order valence-electron chi connectivity index (χ4n) is 3.13. The quantitative estimate of drug-likeness (QED) is 0.745. The Labute approximate surface area is 113 Å². The molecule has 0 heterocycles. The van der Waals surface area contributed by atoms with Gasteiger partial charge in [0, 0.05) is 5.56 Å². The highest BCUT2D eigenvalue weighted by Gasteiger charge is 2.19. The van der Waals surface area contributed by atoms with Crippen molar-refractivity contribution >= 4 is 11.7 Å². The van der Waals surface area contributed by atoms with E-state index in [0.29, 0.717) is 0 Å². The van der Waals surface area contributed by atoms with Crippen LogP contribution in [0.1, 0.15) is 47.9 Å². The van der Waals surface area contributed by atoms with Crippen LogP contribution in [0.5, 0.6) is 0 Å². The van der Waals surface area contributed by atoms with E-state index in [2.05, 4.69) is 22.7 Å². The first-order chi connectivity index (χ1) is 9.24. The summed E-state index contributed by atoms with van der Waals surface area (Å²) in [5, 5.41) is 4.17. The van der Waals surface area contributed by atoms with Crippen LogP contribution in [0.2, 0.25) is 0 Å². The Morgan fingerprint density at radius 3 is 2.42 bits per heavy atom. The van der Waals surface area contributed by atoms with Crippen molar-refractivity contribution in [2.75, 3.05) is 0 Å². The van der Waals surface area contributed by atoms with Crippen LogP contribution in [-0.4, -0.2) is 11.7 Å². The summed E-state index contributed by atoms with van der Waals surface area (Å²) in [4.78, 5) is 10.8. The summed E-state index contributed by atoms with van der Waals surface area (Å²) in [5.41, 5.74) is 14.0. The number of benzene rings is 1. The van der Waals surface area contributed by atoms with E-state index in [1.54, 1.807) is 0 Å². The van der Waals surface area contributed by atoms with Crippen molar-refractivity contribution in [2.45, 2.75) is 44.9 Å². The van der Waals surface area contributed by atoms with Crippen molar-refractivity contribution in [3.05, 3.63) is 34.4 Å². The summed E-state index contributed by atoms with van der Waals surface area (Å²) in [6.45, 7) is 0. The third kappa shape index (κ3) is 2.48. The van der Waals surface area contributed by atoms with Gasteiger partial charge in [-0.3, -0.25) is 0 Å². The Hall–Kier alpha value is -1.84. The molecule has 4 nitrogen and oxygen atoms in total. The highest BCUT2D eigenvalue weighted by atomic mass is 16.2. The Balaban J connectivity index is 1.99. The average molecular weight is 257 g/mol. The molecule has 100 valence electrons. The topological polar surface area (TPSA) is 67.5 Å². The molecular weight excluding hydrogens is 238 g/mol. The Morgan fingerprint density at radius 1 is 1.00 bits per heavy atom. The SMILES string of the molecule is NC(=O)N/N=C1/CCCc2cc3c(cc21)CCCC3. The maximum atomic E-state index is 10.8. The van der Waals surface area contributed by atoms with E-state index >= 15 is 0 Å². The molecule has 0 radical (unpaired) electrons. The lowest BCUT2D eigenvalue weighted by Gasteiger charge is -2.23. The maximum Gasteiger partial charge on any atom is 0.332 e. The van der Waals surface area contributed by atoms with E-state index in [0.717, 1.165) is 25.0 Å². The number of primary amides is 1. The molecule has 0 atom stereocenters. The number of urea groups is 1. The second kappa shape index (κ2) is 5.03. The molecule has 0 saturated carbocycles. The van der Waals surface area contributed by atoms with E-state index in [1.165, 1.54) is 47.9 Å². The summed E-state index contributed by atoms with van der Waals surface area (Å²) in [6.07, 6.45) is 8.05. The van der Waals surface area contributed by atoms with Crippen molar-refractivity contribution in [1.29, 1.82) is 0 Å². The summed E-state index contributed by atoms with van der Waals surface area (Å²) >= 11 is 0. The number of hydrogen-bond donors (Lipinski definition) is 2. The molecule has 2 aliphatic carbocycles. The van der Waals surface area contributed by atoms with Crippen molar-refractivity contribution in [1.82, 2.24) is 5.43 Å². The molecule has 1 aromatic carbocycles. The fourth-order valence-corrected chi connectivity index (χ4v) is 3.13. The number of hydrazone groups is 1. The second-order valence-corrected chi connectivity index (χ2v) is 5.37. The summed E-state index contributed by atoms with van der Waals surface area (Å²) in [6, 6.07) is 4.03. The molecule has 0 unspecified atom stereocenters. The summed E-state index contributed by atoms with van der Waals surface area (Å²) in [5.74, 6) is 0. The lowest BCUT2D eigenvalue weighted by atomic mass is 9.82. The average Bonchev–Trinajstić information content (AvgIpc) is 2.42. The number of rotatable bonds is 1. The minimum atomic E-state index is -0.599. The number of aryl methyl sites for hydroxylation is 3. The zero-order chi connectivity index (χ0) is 13.2. The molecule has 3 N–H and O–H groups in total. The van der Waals surface area contributed by atoms with Gasteiger partial charge in [-0.2, -0.15) is 5.10 Å². The molecule has 3 rings (SSSR count). The first kappa shape index (κ1) is 12.2. The van der Waals surface area contributed by atoms with Gasteiger partial charge in [0.15, 0.2) is 0 Å². The summed E-state index contributed by atoms with van der Waals surface area (Å²) < 4.78 is 0. The second-order valence-electron chi connectivity index (χ2n) is 5.37. The van der Waals surface area contributed by atoms with Gasteiger partial charge in [-0.25, -0.2) is 10.2 Å². The van der Waals surface area contributed by atoms with Crippen molar-refractivity contribution < 1.29 is 4.79 Å². The van der Waals surface area contributed by atoms with Crippen LogP contribution in [0, 0.1) is 0 Å². The highest BCUT2D eigenvalue weighted by Crippen LogP contribution is 2.29. The maximum absolute atomic E-state index is 10.8. The third-order valence-electron chi connectivity index (χ3n) is 4.04. The van der Waals surface area contributed by atoms with Crippen LogP contribution < -0.4 is 11.2 Å². The van der Waals surface area contributed by atoms with Gasteiger partial charge in [0.05, 0.1) is 5.71 Å². The summed E-state index contributed by atoms with van der Waals surface area (Å²) in [7, 11) is 0. The fraction of sp³-hybridized carbons (Fsp3) is 0.467. The van der Waals surface area contributed by atoms with Crippen LogP contribution in [0.25, 0.3) is 0 Å². The van der Waals surface area contributed by atoms with Crippen LogP contribution in [0.3, 0.4) is 0 Å². The highest BCUT2D eigenvalue weighted by molar-refractivity contribution is 6.03. The van der Waals surface area contributed by atoms with Crippen LogP contribution >= 0.6 is 0 Å². The molecule has 0 aromatic heterocycles. The predicted molar refractivity (Wildman–Crippen MR) is 75.3 cm³/mol. The van der Waals surface area contributed by atoms with Gasteiger partial charge in [0.2, 0.25) is 0 Å². The van der Waals surface area contributed by atoms with Gasteiger partial charge in [0.1, 0.15) is 0 Å². The van der Waals surface area contributed by atoms with E-state index in [-0.39, 0.29) is 0 Å². The first-order valence-electron chi connectivity index (χ1n) is 7.01. The standard InChI is InChI=1S/C15H19N3O/c16-15(19)18-17-14-7-3-6-12-8-10-4-1-2-5-11(10)9-13(12)14/h8-9H,1-7H2,(H3,16,18,19)/b17-14-. The van der Waals surface area contributed by atoms with Gasteiger partial charge in [0.25, 0.3) is 0 Å². The van der Waals surface area contributed by atoms with Crippen LogP contribution in [-0.2, 0) is 19.3 Å². The lowest BCUT2D eigenvalue weighted by molar-refractivity contribution is 0.249. The molecule has 4 heteroatoms. The minimum absolute atomic E-state index is 0.599. The number of carbonyl (C=O) groups is 1. The Bertz CT molecular complexity index is 549. The van der Waals surface area contributed by atoms with Gasteiger partial charge in [-0.05, 0) is 67.7 Å². The number of amides is 2. The molecule has 19 heavy (non-hydrogen) atoms. The normalized spacial score (nSPS) is 19.7.